The van der Waals surface area contributed by atoms with E-state index in [4.69, 9.17) is 0 Å². The van der Waals surface area contributed by atoms with Crippen LogP contribution in [0.5, 0.6) is 0 Å². The van der Waals surface area contributed by atoms with E-state index in [9.17, 15) is 4.39 Å². The molecule has 0 amide bonds. The largest absolute Gasteiger partial charge is 0.380 e. The molecule has 0 radical (unpaired) electrons. The Balaban J connectivity index is 1.37. The van der Waals surface area contributed by atoms with Crippen molar-refractivity contribution in [3.63, 3.8) is 0 Å². The monoisotopic (exact) mass is 395 g/mol. The molecule has 1 fully saturated rings. The summed E-state index contributed by atoms with van der Waals surface area (Å²) in [5.41, 5.74) is 3.24. The number of benzene rings is 1. The Kier molecular flexibility index (Phi) is 5.72. The van der Waals surface area contributed by atoms with E-state index in [0.29, 0.717) is 12.1 Å². The highest BCUT2D eigenvalue weighted by Crippen LogP contribution is 2.28. The summed E-state index contributed by atoms with van der Waals surface area (Å²) >= 11 is 0. The Morgan fingerprint density at radius 1 is 1.24 bits per heavy atom. The van der Waals surface area contributed by atoms with E-state index in [1.807, 2.05) is 18.3 Å². The first-order chi connectivity index (χ1) is 14.0. The molecule has 1 aliphatic heterocycles. The Bertz CT molecular complexity index is 959. The number of hydrogen-bond acceptors (Lipinski definition) is 4. The number of nitrogens with zero attached hydrogens (tertiary/aromatic N) is 3. The second-order valence-corrected chi connectivity index (χ2v) is 8.32. The van der Waals surface area contributed by atoms with Crippen molar-refractivity contribution in [2.24, 2.45) is 0 Å². The quantitative estimate of drug-likeness (QED) is 0.639. The summed E-state index contributed by atoms with van der Waals surface area (Å²) in [5.74, 6) is 0.838. The van der Waals surface area contributed by atoms with Gasteiger partial charge in [-0.1, -0.05) is 0 Å². The van der Waals surface area contributed by atoms with Crippen molar-refractivity contribution in [1.82, 2.24) is 14.9 Å². The lowest BCUT2D eigenvalue weighted by molar-refractivity contribution is 0.201. The summed E-state index contributed by atoms with van der Waals surface area (Å²) in [6, 6.07) is 11.9. The minimum Gasteiger partial charge on any atom is -0.380 e. The lowest BCUT2D eigenvalue weighted by Gasteiger charge is -2.37. The van der Waals surface area contributed by atoms with E-state index < -0.39 is 0 Å². The van der Waals surface area contributed by atoms with Gasteiger partial charge in [-0.3, -0.25) is 4.90 Å². The maximum Gasteiger partial charge on any atom is 0.151 e. The third kappa shape index (κ3) is 4.53. The number of fused-ring (bicyclic) bond motifs is 1. The van der Waals surface area contributed by atoms with Crippen LogP contribution in [-0.4, -0.2) is 47.1 Å². The van der Waals surface area contributed by atoms with Crippen LogP contribution in [-0.2, 0) is 6.54 Å². The Labute approximate surface area is 171 Å². The number of H-pyrrole nitrogens is 1. The molecule has 2 aromatic heterocycles. The van der Waals surface area contributed by atoms with E-state index in [1.54, 1.807) is 6.07 Å². The number of pyridine rings is 1. The zero-order chi connectivity index (χ0) is 20.4. The molecule has 2 N–H and O–H groups in total. The summed E-state index contributed by atoms with van der Waals surface area (Å²) in [7, 11) is 2.15. The molecule has 3 heterocycles. The van der Waals surface area contributed by atoms with E-state index in [-0.39, 0.29) is 5.82 Å². The first kappa shape index (κ1) is 19.7. The number of anilines is 2. The summed E-state index contributed by atoms with van der Waals surface area (Å²) in [4.78, 5) is 12.9. The van der Waals surface area contributed by atoms with Crippen LogP contribution in [0.3, 0.4) is 0 Å². The topological polar surface area (TPSA) is 47.2 Å². The number of piperidine rings is 1. The van der Waals surface area contributed by atoms with Crippen LogP contribution < -0.4 is 10.2 Å². The second-order valence-electron chi connectivity index (χ2n) is 8.32. The number of nitrogens with one attached hydrogen (secondary N) is 2. The molecular formula is C23H30FN5. The predicted molar refractivity (Wildman–Crippen MR) is 118 cm³/mol. The highest BCUT2D eigenvalue weighted by molar-refractivity contribution is 5.80. The molecule has 29 heavy (non-hydrogen) atoms. The zero-order valence-corrected chi connectivity index (χ0v) is 17.5. The average molecular weight is 396 g/mol. The van der Waals surface area contributed by atoms with Gasteiger partial charge < -0.3 is 15.2 Å². The zero-order valence-electron chi connectivity index (χ0n) is 17.5. The van der Waals surface area contributed by atoms with Gasteiger partial charge in [0.25, 0.3) is 0 Å². The number of rotatable bonds is 6. The molecule has 3 aromatic rings. The smallest absolute Gasteiger partial charge is 0.151 e. The van der Waals surface area contributed by atoms with Crippen LogP contribution in [0.15, 0.2) is 42.6 Å². The molecular weight excluding hydrogens is 365 g/mol. The van der Waals surface area contributed by atoms with Crippen molar-refractivity contribution in [2.45, 2.75) is 45.3 Å². The van der Waals surface area contributed by atoms with Gasteiger partial charge in [0.1, 0.15) is 5.82 Å². The van der Waals surface area contributed by atoms with Gasteiger partial charge in [-0.05, 0) is 63.1 Å². The van der Waals surface area contributed by atoms with E-state index in [1.165, 1.54) is 6.07 Å². The van der Waals surface area contributed by atoms with Gasteiger partial charge in [-0.2, -0.15) is 0 Å². The minimum atomic E-state index is -0.187. The van der Waals surface area contributed by atoms with Gasteiger partial charge in [-0.25, -0.2) is 9.37 Å². The number of aromatic amines is 1. The van der Waals surface area contributed by atoms with Crippen molar-refractivity contribution in [3.05, 3.63) is 54.1 Å². The maximum absolute atomic E-state index is 13.4. The average Bonchev–Trinajstić information content (AvgIpc) is 3.09. The molecule has 154 valence electrons. The predicted octanol–water partition coefficient (Wildman–Crippen LogP) is 4.62. The van der Waals surface area contributed by atoms with Crippen LogP contribution >= 0.6 is 0 Å². The standard InChI is InChI=1S/C23H30FN5/c1-16(2)26-22-5-4-10-25-23(22)28(3)20-8-11-29(12-9-20)15-19-14-17-13-18(24)6-7-21(17)27-19/h4-7,10,13-14,16,20,26-27H,8-9,11-12,15H2,1-3H3. The van der Waals surface area contributed by atoms with E-state index >= 15 is 0 Å². The van der Waals surface area contributed by atoms with E-state index in [2.05, 4.69) is 58.1 Å². The number of hydrogen-bond donors (Lipinski definition) is 2. The SMILES string of the molecule is CC(C)Nc1cccnc1N(C)C1CCN(Cc2cc3cc(F)ccc3[nH]2)CC1. The maximum atomic E-state index is 13.4. The summed E-state index contributed by atoms with van der Waals surface area (Å²) < 4.78 is 13.4. The van der Waals surface area contributed by atoms with Gasteiger partial charge >= 0.3 is 0 Å². The fourth-order valence-corrected chi connectivity index (χ4v) is 4.23. The second kappa shape index (κ2) is 8.41. The van der Waals surface area contributed by atoms with Gasteiger partial charge in [0.15, 0.2) is 5.82 Å². The number of halogens is 1. The molecule has 0 aliphatic carbocycles. The normalized spacial score (nSPS) is 15.9. The Hall–Kier alpha value is -2.60. The van der Waals surface area contributed by atoms with Crippen molar-refractivity contribution >= 4 is 22.4 Å². The van der Waals surface area contributed by atoms with Gasteiger partial charge in [0, 0.05) is 61.6 Å². The van der Waals surface area contributed by atoms with E-state index in [0.717, 1.165) is 60.6 Å². The summed E-state index contributed by atoms with van der Waals surface area (Å²) in [5, 5.41) is 4.45. The van der Waals surface area contributed by atoms with Crippen LogP contribution in [0.25, 0.3) is 10.9 Å². The molecule has 4 rings (SSSR count). The lowest BCUT2D eigenvalue weighted by atomic mass is 10.0. The van der Waals surface area contributed by atoms with Gasteiger partial charge in [0.2, 0.25) is 0 Å². The molecule has 1 aliphatic rings. The Morgan fingerprint density at radius 2 is 2.03 bits per heavy atom. The molecule has 0 bridgehead atoms. The van der Waals surface area contributed by atoms with Gasteiger partial charge in [-0.15, -0.1) is 0 Å². The van der Waals surface area contributed by atoms with Crippen LogP contribution in [0, 0.1) is 5.82 Å². The molecule has 1 aromatic carbocycles. The molecule has 6 heteroatoms. The fourth-order valence-electron chi connectivity index (χ4n) is 4.23. The molecule has 0 atom stereocenters. The first-order valence-electron chi connectivity index (χ1n) is 10.4. The van der Waals surface area contributed by atoms with Crippen LogP contribution in [0.1, 0.15) is 32.4 Å². The first-order valence-corrected chi connectivity index (χ1v) is 10.4. The highest BCUT2D eigenvalue weighted by atomic mass is 19.1. The lowest BCUT2D eigenvalue weighted by Crippen LogP contribution is -2.43. The molecule has 5 nitrogen and oxygen atoms in total. The van der Waals surface area contributed by atoms with Crippen molar-refractivity contribution in [1.29, 1.82) is 0 Å². The molecule has 0 unspecified atom stereocenters. The van der Waals surface area contributed by atoms with Crippen molar-refractivity contribution in [2.75, 3.05) is 30.4 Å². The van der Waals surface area contributed by atoms with Crippen molar-refractivity contribution < 1.29 is 4.39 Å². The Morgan fingerprint density at radius 3 is 2.79 bits per heavy atom. The third-order valence-electron chi connectivity index (χ3n) is 5.70. The number of likely N-dealkylation sites (tertiary alicyclic amines) is 1. The highest BCUT2D eigenvalue weighted by Gasteiger charge is 2.25. The van der Waals surface area contributed by atoms with Crippen LogP contribution in [0.2, 0.25) is 0 Å². The molecule has 0 spiro atoms. The van der Waals surface area contributed by atoms with Crippen LogP contribution in [0.4, 0.5) is 15.9 Å². The third-order valence-corrected chi connectivity index (χ3v) is 5.70. The van der Waals surface area contributed by atoms with Crippen molar-refractivity contribution in [3.8, 4) is 0 Å². The molecule has 1 saturated heterocycles. The summed E-state index contributed by atoms with van der Waals surface area (Å²) in [6.45, 7) is 7.24. The summed E-state index contributed by atoms with van der Waals surface area (Å²) in [6.07, 6.45) is 4.07. The fraction of sp³-hybridized carbons (Fsp3) is 0.435. The molecule has 0 saturated carbocycles. The van der Waals surface area contributed by atoms with Gasteiger partial charge in [0.05, 0.1) is 5.69 Å². The minimum absolute atomic E-state index is 0.187. The number of aromatic nitrogens is 2.